The molecule has 1 aliphatic heterocycles. The van der Waals surface area contributed by atoms with Crippen molar-refractivity contribution >= 4 is 58.2 Å². The molecule has 0 fully saturated rings. The number of allylic oxidation sites excluding steroid dienone is 1. The molecule has 0 saturated heterocycles. The van der Waals surface area contributed by atoms with E-state index >= 15 is 0 Å². The van der Waals surface area contributed by atoms with Gasteiger partial charge in [0.1, 0.15) is 6.61 Å². The molecular weight excluding hydrogens is 603 g/mol. The van der Waals surface area contributed by atoms with Crippen LogP contribution in [0.3, 0.4) is 0 Å². The number of hydrogen-bond acceptors (Lipinski definition) is 6. The van der Waals surface area contributed by atoms with Crippen LogP contribution in [-0.4, -0.2) is 17.1 Å². The van der Waals surface area contributed by atoms with Crippen molar-refractivity contribution in [2.45, 2.75) is 33.4 Å². The number of esters is 1. The van der Waals surface area contributed by atoms with Crippen molar-refractivity contribution in [1.29, 1.82) is 0 Å². The molecule has 0 N–H and O–H groups in total. The largest absolute Gasteiger partial charge is 0.486 e. The summed E-state index contributed by atoms with van der Waals surface area (Å²) in [4.78, 5) is 32.0. The van der Waals surface area contributed by atoms with Gasteiger partial charge in [0, 0.05) is 5.02 Å². The lowest BCUT2D eigenvalue weighted by Gasteiger charge is -2.24. The molecule has 1 atom stereocenters. The summed E-state index contributed by atoms with van der Waals surface area (Å²) in [5.41, 5.74) is 3.94. The van der Waals surface area contributed by atoms with Gasteiger partial charge in [-0.1, -0.05) is 88.1 Å². The van der Waals surface area contributed by atoms with Crippen LogP contribution in [0.1, 0.15) is 42.1 Å². The monoisotopic (exact) mass is 626 g/mol. The minimum atomic E-state index is -0.677. The Kier molecular flexibility index (Phi) is 8.71. The first-order valence-electron chi connectivity index (χ1n) is 12.8. The Balaban J connectivity index is 1.54. The summed E-state index contributed by atoms with van der Waals surface area (Å²) < 4.78 is 13.2. The zero-order valence-corrected chi connectivity index (χ0v) is 25.5. The lowest BCUT2D eigenvalue weighted by atomic mass is 9.95. The summed E-state index contributed by atoms with van der Waals surface area (Å²) in [6.07, 6.45) is 1.71. The zero-order valence-electron chi connectivity index (χ0n) is 22.4. The Morgan fingerprint density at radius 1 is 1.02 bits per heavy atom. The maximum Gasteiger partial charge on any atom is 0.338 e. The average molecular weight is 628 g/mol. The molecule has 1 aromatic heterocycles. The number of hydrogen-bond donors (Lipinski definition) is 0. The highest BCUT2D eigenvalue weighted by molar-refractivity contribution is 7.07. The number of thiazole rings is 1. The van der Waals surface area contributed by atoms with E-state index in [0.29, 0.717) is 47.0 Å². The summed E-state index contributed by atoms with van der Waals surface area (Å²) in [7, 11) is 0. The molecule has 0 radical (unpaired) electrons. The summed E-state index contributed by atoms with van der Waals surface area (Å²) in [6.45, 7) is 5.95. The zero-order chi connectivity index (χ0) is 29.3. The second kappa shape index (κ2) is 12.2. The fourth-order valence-corrected chi connectivity index (χ4v) is 6.33. The van der Waals surface area contributed by atoms with Gasteiger partial charge >= 0.3 is 5.97 Å². The highest BCUT2D eigenvalue weighted by Crippen LogP contribution is 2.35. The SMILES string of the molecule is CCOC(=O)C1=C(C)N=c2s/c(=C/c3cc(Cl)c(OCc4ccc(Cl)cc4)c(Cl)c3)c(=O)n2[C@H]1c1ccc(C)cc1. The average Bonchev–Trinajstić information content (AvgIpc) is 3.23. The molecule has 0 saturated carbocycles. The molecule has 0 amide bonds. The van der Waals surface area contributed by atoms with Gasteiger partial charge in [-0.15, -0.1) is 0 Å². The van der Waals surface area contributed by atoms with E-state index in [-0.39, 0.29) is 18.8 Å². The quantitative estimate of drug-likeness (QED) is 0.215. The molecule has 5 rings (SSSR count). The van der Waals surface area contributed by atoms with Crippen LogP contribution in [0.15, 0.2) is 81.7 Å². The summed E-state index contributed by atoms with van der Waals surface area (Å²) in [5, 5.41) is 1.25. The van der Waals surface area contributed by atoms with Crippen molar-refractivity contribution < 1.29 is 14.3 Å². The fourth-order valence-electron chi connectivity index (χ4n) is 4.54. The summed E-state index contributed by atoms with van der Waals surface area (Å²) in [6, 6.07) is 17.7. The molecule has 2 heterocycles. The molecule has 0 unspecified atom stereocenters. The first kappa shape index (κ1) is 29.1. The predicted octanol–water partition coefficient (Wildman–Crippen LogP) is 6.65. The Labute approximate surface area is 255 Å². The fraction of sp³-hybridized carbons (Fsp3) is 0.194. The van der Waals surface area contributed by atoms with Crippen LogP contribution in [0.5, 0.6) is 5.75 Å². The number of aromatic nitrogens is 1. The van der Waals surface area contributed by atoms with Crippen molar-refractivity contribution in [1.82, 2.24) is 4.57 Å². The number of fused-ring (bicyclic) bond motifs is 1. The highest BCUT2D eigenvalue weighted by Gasteiger charge is 2.33. The smallest absolute Gasteiger partial charge is 0.338 e. The van der Waals surface area contributed by atoms with E-state index in [4.69, 9.17) is 44.3 Å². The number of carbonyl (C=O) groups excluding carboxylic acids is 1. The van der Waals surface area contributed by atoms with Crippen molar-refractivity contribution in [3.05, 3.63) is 129 Å². The number of aryl methyl sites for hydroxylation is 1. The van der Waals surface area contributed by atoms with E-state index in [9.17, 15) is 9.59 Å². The van der Waals surface area contributed by atoms with E-state index in [1.165, 1.54) is 11.3 Å². The maximum atomic E-state index is 13.8. The number of carbonyl (C=O) groups is 1. The van der Waals surface area contributed by atoms with E-state index in [1.54, 1.807) is 48.8 Å². The molecule has 41 heavy (non-hydrogen) atoms. The van der Waals surface area contributed by atoms with E-state index in [0.717, 1.165) is 16.7 Å². The summed E-state index contributed by atoms with van der Waals surface area (Å²) >= 11 is 20.3. The minimum absolute atomic E-state index is 0.210. The van der Waals surface area contributed by atoms with Crippen molar-refractivity contribution in [3.63, 3.8) is 0 Å². The second-order valence-corrected chi connectivity index (χ2v) is 11.7. The van der Waals surface area contributed by atoms with Crippen LogP contribution in [0.25, 0.3) is 6.08 Å². The van der Waals surface area contributed by atoms with Gasteiger partial charge in [0.05, 0.1) is 38.5 Å². The van der Waals surface area contributed by atoms with E-state index in [1.807, 2.05) is 43.3 Å². The van der Waals surface area contributed by atoms with Gasteiger partial charge in [-0.3, -0.25) is 9.36 Å². The van der Waals surface area contributed by atoms with Crippen LogP contribution in [-0.2, 0) is 16.1 Å². The number of nitrogens with zero attached hydrogens (tertiary/aromatic N) is 2. The predicted molar refractivity (Wildman–Crippen MR) is 164 cm³/mol. The van der Waals surface area contributed by atoms with E-state index in [2.05, 4.69) is 4.99 Å². The Morgan fingerprint density at radius 3 is 2.32 bits per heavy atom. The Bertz CT molecular complexity index is 1820. The van der Waals surface area contributed by atoms with Crippen LogP contribution in [0.4, 0.5) is 0 Å². The van der Waals surface area contributed by atoms with Gasteiger partial charge in [0.25, 0.3) is 5.56 Å². The molecule has 0 aliphatic carbocycles. The third kappa shape index (κ3) is 6.14. The van der Waals surface area contributed by atoms with Gasteiger partial charge in [-0.2, -0.15) is 0 Å². The molecule has 3 aromatic carbocycles. The summed E-state index contributed by atoms with van der Waals surface area (Å²) in [5.74, 6) is -0.155. The number of halogens is 3. The van der Waals surface area contributed by atoms with Gasteiger partial charge in [0.2, 0.25) is 0 Å². The minimum Gasteiger partial charge on any atom is -0.486 e. The van der Waals surface area contributed by atoms with Gasteiger partial charge in [-0.05, 0) is 67.8 Å². The molecular formula is C31H25Cl3N2O4S. The number of ether oxygens (including phenoxy) is 2. The first-order valence-corrected chi connectivity index (χ1v) is 14.7. The maximum absolute atomic E-state index is 13.8. The molecule has 210 valence electrons. The van der Waals surface area contributed by atoms with Crippen molar-refractivity contribution in [2.24, 2.45) is 4.99 Å². The third-order valence-electron chi connectivity index (χ3n) is 6.52. The first-order chi connectivity index (χ1) is 19.7. The van der Waals surface area contributed by atoms with Crippen molar-refractivity contribution in [2.75, 3.05) is 6.61 Å². The molecule has 6 nitrogen and oxygen atoms in total. The number of benzene rings is 3. The molecule has 4 aromatic rings. The van der Waals surface area contributed by atoms with Crippen LogP contribution in [0.2, 0.25) is 15.1 Å². The highest BCUT2D eigenvalue weighted by atomic mass is 35.5. The normalized spacial score (nSPS) is 15.0. The Hall–Kier alpha value is -3.36. The molecule has 1 aliphatic rings. The number of rotatable bonds is 7. The molecule has 10 heteroatoms. The molecule has 0 spiro atoms. The Morgan fingerprint density at radius 2 is 1.68 bits per heavy atom. The van der Waals surface area contributed by atoms with Gasteiger partial charge < -0.3 is 9.47 Å². The lowest BCUT2D eigenvalue weighted by molar-refractivity contribution is -0.139. The molecule has 0 bridgehead atoms. The van der Waals surface area contributed by atoms with Gasteiger partial charge in [-0.25, -0.2) is 9.79 Å². The van der Waals surface area contributed by atoms with Crippen LogP contribution in [0, 0.1) is 6.92 Å². The van der Waals surface area contributed by atoms with Crippen LogP contribution >= 0.6 is 46.1 Å². The topological polar surface area (TPSA) is 69.9 Å². The van der Waals surface area contributed by atoms with Gasteiger partial charge in [0.15, 0.2) is 10.6 Å². The second-order valence-electron chi connectivity index (χ2n) is 9.44. The third-order valence-corrected chi connectivity index (χ3v) is 8.32. The standard InChI is InChI=1S/C31H25Cl3N2O4S/c1-4-39-30(38)26-18(3)35-31-36(27(26)21-9-5-17(2)6-10-21)29(37)25(41-31)15-20-13-23(33)28(24(34)14-20)40-16-19-7-11-22(32)12-8-19/h5-15,27H,4,16H2,1-3H3/b25-15+/t27-/m0/s1. The lowest BCUT2D eigenvalue weighted by Crippen LogP contribution is -2.39. The van der Waals surface area contributed by atoms with Crippen LogP contribution < -0.4 is 19.6 Å². The van der Waals surface area contributed by atoms with Crippen molar-refractivity contribution in [3.8, 4) is 5.75 Å². The van der Waals surface area contributed by atoms with E-state index < -0.39 is 12.0 Å².